The van der Waals surface area contributed by atoms with Gasteiger partial charge in [-0.1, -0.05) is 13.8 Å². The number of aryl methyl sites for hydroxylation is 1. The van der Waals surface area contributed by atoms with E-state index in [2.05, 4.69) is 5.32 Å². The molecule has 0 aliphatic heterocycles. The van der Waals surface area contributed by atoms with E-state index in [0.717, 1.165) is 5.76 Å². The summed E-state index contributed by atoms with van der Waals surface area (Å²) in [6.07, 6.45) is 1.45. The highest BCUT2D eigenvalue weighted by molar-refractivity contribution is 5.93. The molecule has 1 aromatic heterocycles. The van der Waals surface area contributed by atoms with Gasteiger partial charge in [-0.05, 0) is 18.9 Å². The molecule has 84 valence electrons. The van der Waals surface area contributed by atoms with Gasteiger partial charge in [0, 0.05) is 12.6 Å². The number of furan rings is 1. The van der Waals surface area contributed by atoms with Crippen LogP contribution in [0.15, 0.2) is 16.7 Å². The highest BCUT2D eigenvalue weighted by atomic mass is 16.3. The van der Waals surface area contributed by atoms with Crippen LogP contribution in [0.5, 0.6) is 0 Å². The first kappa shape index (κ1) is 11.8. The number of carbonyl (C=O) groups excluding carboxylic acids is 1. The molecule has 1 rings (SSSR count). The van der Waals surface area contributed by atoms with Crippen molar-refractivity contribution in [2.45, 2.75) is 26.8 Å². The van der Waals surface area contributed by atoms with Gasteiger partial charge in [-0.15, -0.1) is 0 Å². The van der Waals surface area contributed by atoms with E-state index in [4.69, 9.17) is 10.2 Å². The summed E-state index contributed by atoms with van der Waals surface area (Å²) in [6.45, 7) is 6.34. The minimum Gasteiger partial charge on any atom is -0.469 e. The van der Waals surface area contributed by atoms with Gasteiger partial charge in [0.2, 0.25) is 0 Å². The Balaban J connectivity index is 2.43. The normalized spacial score (nSPS) is 12.9. The van der Waals surface area contributed by atoms with Gasteiger partial charge < -0.3 is 15.5 Å². The minimum absolute atomic E-state index is 0.0121. The fourth-order valence-corrected chi connectivity index (χ4v) is 1.11. The Morgan fingerprint density at radius 3 is 2.73 bits per heavy atom. The Labute approximate surface area is 89.8 Å². The lowest BCUT2D eigenvalue weighted by atomic mass is 10.1. The third-order valence-electron chi connectivity index (χ3n) is 2.35. The number of carbonyl (C=O) groups is 1. The zero-order chi connectivity index (χ0) is 11.4. The Kier molecular flexibility index (Phi) is 3.91. The molecule has 4 heteroatoms. The number of nitrogens with one attached hydrogen (secondary N) is 1. The molecule has 0 fully saturated rings. The molecule has 3 N–H and O–H groups in total. The van der Waals surface area contributed by atoms with E-state index < -0.39 is 0 Å². The summed E-state index contributed by atoms with van der Waals surface area (Å²) in [4.78, 5) is 11.6. The topological polar surface area (TPSA) is 68.3 Å². The third kappa shape index (κ3) is 3.40. The lowest BCUT2D eigenvalue weighted by molar-refractivity contribution is 0.0948. The van der Waals surface area contributed by atoms with Crippen LogP contribution in [-0.2, 0) is 0 Å². The van der Waals surface area contributed by atoms with Gasteiger partial charge >= 0.3 is 0 Å². The van der Waals surface area contributed by atoms with Crippen LogP contribution in [-0.4, -0.2) is 18.5 Å². The molecule has 0 aliphatic carbocycles. The Bertz CT molecular complexity index is 331. The van der Waals surface area contributed by atoms with Crippen LogP contribution in [0, 0.1) is 12.8 Å². The van der Waals surface area contributed by atoms with Crippen molar-refractivity contribution < 1.29 is 9.21 Å². The Morgan fingerprint density at radius 2 is 2.27 bits per heavy atom. The number of nitrogens with two attached hydrogens (primary N) is 1. The molecule has 1 aromatic rings. The standard InChI is InChI=1S/C11H18N2O2/c1-7(2)10(12)5-13-11(14)9-4-8(3)15-6-9/h4,6-7,10H,5,12H2,1-3H3,(H,13,14). The SMILES string of the molecule is Cc1cc(C(=O)NCC(N)C(C)C)co1. The molecular weight excluding hydrogens is 192 g/mol. The number of rotatable bonds is 4. The molecule has 1 amide bonds. The first-order valence-corrected chi connectivity index (χ1v) is 5.09. The molecule has 1 unspecified atom stereocenters. The molecule has 0 saturated heterocycles. The highest BCUT2D eigenvalue weighted by Gasteiger charge is 2.11. The van der Waals surface area contributed by atoms with E-state index in [0.29, 0.717) is 18.0 Å². The molecule has 0 bridgehead atoms. The molecular formula is C11H18N2O2. The fourth-order valence-electron chi connectivity index (χ4n) is 1.11. The number of amides is 1. The van der Waals surface area contributed by atoms with Crippen LogP contribution in [0.3, 0.4) is 0 Å². The van der Waals surface area contributed by atoms with Gasteiger partial charge in [-0.25, -0.2) is 0 Å². The molecule has 0 aliphatic rings. The van der Waals surface area contributed by atoms with Gasteiger partial charge in [0.15, 0.2) is 0 Å². The van der Waals surface area contributed by atoms with Crippen molar-refractivity contribution in [3.05, 3.63) is 23.7 Å². The number of hydrogen-bond acceptors (Lipinski definition) is 3. The van der Waals surface area contributed by atoms with Crippen LogP contribution in [0.4, 0.5) is 0 Å². The molecule has 1 heterocycles. The van der Waals surface area contributed by atoms with Crippen LogP contribution in [0.2, 0.25) is 0 Å². The molecule has 0 saturated carbocycles. The van der Waals surface area contributed by atoms with Gasteiger partial charge in [-0.3, -0.25) is 4.79 Å². The van der Waals surface area contributed by atoms with E-state index >= 15 is 0 Å². The van der Waals surface area contributed by atoms with Crippen molar-refractivity contribution >= 4 is 5.91 Å². The second-order valence-electron chi connectivity index (χ2n) is 4.06. The summed E-state index contributed by atoms with van der Waals surface area (Å²) in [5.41, 5.74) is 6.35. The first-order chi connectivity index (χ1) is 7.00. The number of hydrogen-bond donors (Lipinski definition) is 2. The minimum atomic E-state index is -0.136. The quantitative estimate of drug-likeness (QED) is 0.787. The van der Waals surface area contributed by atoms with Crippen LogP contribution in [0.1, 0.15) is 30.0 Å². The van der Waals surface area contributed by atoms with Gasteiger partial charge in [-0.2, -0.15) is 0 Å². The molecule has 0 aromatic carbocycles. The summed E-state index contributed by atoms with van der Waals surface area (Å²) in [5.74, 6) is 0.952. The predicted molar refractivity (Wildman–Crippen MR) is 58.6 cm³/mol. The van der Waals surface area contributed by atoms with Gasteiger partial charge in [0.05, 0.1) is 5.56 Å². The van der Waals surface area contributed by atoms with E-state index in [-0.39, 0.29) is 11.9 Å². The summed E-state index contributed by atoms with van der Waals surface area (Å²) < 4.78 is 5.05. The van der Waals surface area contributed by atoms with E-state index in [1.165, 1.54) is 6.26 Å². The average Bonchev–Trinajstić information content (AvgIpc) is 2.60. The molecule has 0 radical (unpaired) electrons. The molecule has 1 atom stereocenters. The summed E-state index contributed by atoms with van der Waals surface area (Å²) in [6, 6.07) is 1.69. The van der Waals surface area contributed by atoms with Crippen molar-refractivity contribution in [1.29, 1.82) is 0 Å². The molecule has 15 heavy (non-hydrogen) atoms. The lowest BCUT2D eigenvalue weighted by Gasteiger charge is -2.15. The average molecular weight is 210 g/mol. The van der Waals surface area contributed by atoms with E-state index in [1.54, 1.807) is 13.0 Å². The second kappa shape index (κ2) is 4.98. The fraction of sp³-hybridized carbons (Fsp3) is 0.545. The Hall–Kier alpha value is -1.29. The first-order valence-electron chi connectivity index (χ1n) is 5.09. The van der Waals surface area contributed by atoms with Crippen LogP contribution >= 0.6 is 0 Å². The summed E-state index contributed by atoms with van der Waals surface area (Å²) >= 11 is 0. The smallest absolute Gasteiger partial charge is 0.254 e. The monoisotopic (exact) mass is 210 g/mol. The van der Waals surface area contributed by atoms with Crippen molar-refractivity contribution in [3.8, 4) is 0 Å². The molecule has 4 nitrogen and oxygen atoms in total. The van der Waals surface area contributed by atoms with Crippen molar-refractivity contribution in [3.63, 3.8) is 0 Å². The summed E-state index contributed by atoms with van der Waals surface area (Å²) in [7, 11) is 0. The van der Waals surface area contributed by atoms with Crippen molar-refractivity contribution in [1.82, 2.24) is 5.32 Å². The summed E-state index contributed by atoms with van der Waals surface area (Å²) in [5, 5.41) is 2.77. The predicted octanol–water partition coefficient (Wildman–Crippen LogP) is 1.30. The maximum Gasteiger partial charge on any atom is 0.254 e. The van der Waals surface area contributed by atoms with Crippen LogP contribution in [0.25, 0.3) is 0 Å². The van der Waals surface area contributed by atoms with Crippen molar-refractivity contribution in [2.24, 2.45) is 11.7 Å². The van der Waals surface area contributed by atoms with E-state index in [9.17, 15) is 4.79 Å². The van der Waals surface area contributed by atoms with Crippen molar-refractivity contribution in [2.75, 3.05) is 6.54 Å². The maximum atomic E-state index is 11.6. The Morgan fingerprint density at radius 1 is 1.60 bits per heavy atom. The van der Waals surface area contributed by atoms with E-state index in [1.807, 2.05) is 13.8 Å². The second-order valence-corrected chi connectivity index (χ2v) is 4.06. The lowest BCUT2D eigenvalue weighted by Crippen LogP contribution is -2.40. The molecule has 0 spiro atoms. The van der Waals surface area contributed by atoms with Gasteiger partial charge in [0.1, 0.15) is 12.0 Å². The van der Waals surface area contributed by atoms with Gasteiger partial charge in [0.25, 0.3) is 5.91 Å². The zero-order valence-corrected chi connectivity index (χ0v) is 9.41. The highest BCUT2D eigenvalue weighted by Crippen LogP contribution is 2.05. The third-order valence-corrected chi connectivity index (χ3v) is 2.35. The van der Waals surface area contributed by atoms with Crippen LogP contribution < -0.4 is 11.1 Å². The zero-order valence-electron chi connectivity index (χ0n) is 9.41. The largest absolute Gasteiger partial charge is 0.469 e. The maximum absolute atomic E-state index is 11.6.